The van der Waals surface area contributed by atoms with E-state index in [2.05, 4.69) is 45.4 Å². The number of hydrogen-bond acceptors (Lipinski definition) is 7. The van der Waals surface area contributed by atoms with Gasteiger partial charge in [-0.3, -0.25) is 4.98 Å². The second kappa shape index (κ2) is 8.68. The minimum Gasteiger partial charge on any atom is -0.377 e. The Bertz CT molecular complexity index is 1290. The van der Waals surface area contributed by atoms with Gasteiger partial charge >= 0.3 is 0 Å². The zero-order valence-corrected chi connectivity index (χ0v) is 18.7. The molecule has 0 radical (unpaired) electrons. The first-order valence-corrected chi connectivity index (χ1v) is 10.9. The molecule has 0 aliphatic carbocycles. The molecule has 4 heterocycles. The Kier molecular flexibility index (Phi) is 5.59. The van der Waals surface area contributed by atoms with Gasteiger partial charge in [0.05, 0.1) is 16.1 Å². The van der Waals surface area contributed by atoms with Crippen molar-refractivity contribution in [2.24, 2.45) is 0 Å². The van der Waals surface area contributed by atoms with Crippen molar-refractivity contribution in [1.82, 2.24) is 19.9 Å². The summed E-state index contributed by atoms with van der Waals surface area (Å²) in [5.41, 5.74) is 5.43. The maximum Gasteiger partial charge on any atom is 0.165 e. The zero-order chi connectivity index (χ0) is 22.1. The molecule has 0 bridgehead atoms. The van der Waals surface area contributed by atoms with Crippen molar-refractivity contribution >= 4 is 39.8 Å². The number of rotatable bonds is 5. The van der Waals surface area contributed by atoms with E-state index >= 15 is 0 Å². The Morgan fingerprint density at radius 1 is 1.12 bits per heavy atom. The molecule has 0 unspecified atom stereocenters. The van der Waals surface area contributed by atoms with Crippen LogP contribution in [0.4, 0.5) is 17.2 Å². The normalized spacial score (nSPS) is 13.3. The number of nitrogens with one attached hydrogen (secondary N) is 1. The Balaban J connectivity index is 1.58. The molecule has 0 atom stereocenters. The van der Waals surface area contributed by atoms with Crippen molar-refractivity contribution in [3.8, 4) is 11.4 Å². The average Bonchev–Trinajstić information content (AvgIpc) is 2.80. The van der Waals surface area contributed by atoms with Gasteiger partial charge in [0, 0.05) is 38.3 Å². The summed E-state index contributed by atoms with van der Waals surface area (Å²) in [7, 11) is 3.75. The summed E-state index contributed by atoms with van der Waals surface area (Å²) >= 11 is 6.33. The van der Waals surface area contributed by atoms with E-state index in [1.54, 1.807) is 25.4 Å². The van der Waals surface area contributed by atoms with Crippen molar-refractivity contribution in [3.63, 3.8) is 0 Å². The van der Waals surface area contributed by atoms with Gasteiger partial charge in [0.1, 0.15) is 18.1 Å². The van der Waals surface area contributed by atoms with Crippen LogP contribution in [-0.4, -0.2) is 40.6 Å². The van der Waals surface area contributed by atoms with Crippen LogP contribution in [0.1, 0.15) is 17.8 Å². The van der Waals surface area contributed by atoms with E-state index in [-0.39, 0.29) is 6.61 Å². The standard InChI is InChI=1S/C24H23ClN6O/c1-31-12-4-5-15-7-8-16(13-20(15)31)27-23-17-9-10-19(22-18(25)6-3-11-26-22)28-24(17)30-21(29-23)14-32-2/h3,6-11,13H,4-5,12,14H2,1-2H3,(H,27,28,29,30). The number of hydrogen-bond donors (Lipinski definition) is 1. The number of methoxy groups -OCH3 is 1. The summed E-state index contributed by atoms with van der Waals surface area (Å²) in [6, 6.07) is 13.9. The van der Waals surface area contributed by atoms with Gasteiger partial charge in [0.15, 0.2) is 11.5 Å². The van der Waals surface area contributed by atoms with Crippen molar-refractivity contribution in [3.05, 3.63) is 65.1 Å². The fourth-order valence-corrected chi connectivity index (χ4v) is 4.24. The van der Waals surface area contributed by atoms with Crippen LogP contribution in [0.5, 0.6) is 0 Å². The fraction of sp³-hybridized carbons (Fsp3) is 0.250. The first-order valence-electron chi connectivity index (χ1n) is 10.5. The minimum atomic E-state index is 0.286. The van der Waals surface area contributed by atoms with Crippen LogP contribution in [-0.2, 0) is 17.8 Å². The highest BCUT2D eigenvalue weighted by Crippen LogP contribution is 2.32. The molecule has 1 aromatic carbocycles. The molecular weight excluding hydrogens is 424 g/mol. The van der Waals surface area contributed by atoms with E-state index in [1.807, 2.05) is 12.1 Å². The molecule has 0 saturated heterocycles. The van der Waals surface area contributed by atoms with Crippen LogP contribution in [0.3, 0.4) is 0 Å². The molecule has 5 rings (SSSR count). The zero-order valence-electron chi connectivity index (χ0n) is 18.0. The van der Waals surface area contributed by atoms with Gasteiger partial charge in [0.2, 0.25) is 0 Å². The van der Waals surface area contributed by atoms with E-state index in [0.29, 0.717) is 33.7 Å². The lowest BCUT2D eigenvalue weighted by Gasteiger charge is -2.28. The third kappa shape index (κ3) is 3.97. The molecule has 0 fully saturated rings. The highest BCUT2D eigenvalue weighted by Gasteiger charge is 2.16. The van der Waals surface area contributed by atoms with E-state index in [4.69, 9.17) is 26.3 Å². The number of aromatic nitrogens is 4. The van der Waals surface area contributed by atoms with E-state index in [0.717, 1.165) is 24.0 Å². The Morgan fingerprint density at radius 3 is 2.88 bits per heavy atom. The van der Waals surface area contributed by atoms with Crippen LogP contribution in [0.2, 0.25) is 5.02 Å². The van der Waals surface area contributed by atoms with Crippen molar-refractivity contribution < 1.29 is 4.74 Å². The molecule has 0 spiro atoms. The minimum absolute atomic E-state index is 0.286. The van der Waals surface area contributed by atoms with E-state index in [9.17, 15) is 0 Å². The molecule has 1 N–H and O–H groups in total. The van der Waals surface area contributed by atoms with E-state index in [1.165, 1.54) is 17.7 Å². The number of halogens is 1. The third-order valence-corrected chi connectivity index (χ3v) is 5.88. The van der Waals surface area contributed by atoms with Gasteiger partial charge in [0.25, 0.3) is 0 Å². The van der Waals surface area contributed by atoms with Crippen LogP contribution in [0, 0.1) is 0 Å². The molecule has 1 aliphatic heterocycles. The molecule has 0 amide bonds. The molecule has 3 aromatic heterocycles. The van der Waals surface area contributed by atoms with E-state index < -0.39 is 0 Å². The number of nitrogens with zero attached hydrogens (tertiary/aromatic N) is 5. The maximum atomic E-state index is 6.33. The topological polar surface area (TPSA) is 76.1 Å². The SMILES string of the molecule is COCc1nc(Nc2ccc3c(c2)N(C)CCC3)c2ccc(-c3ncccc3Cl)nc2n1. The lowest BCUT2D eigenvalue weighted by atomic mass is 10.0. The molecule has 32 heavy (non-hydrogen) atoms. The van der Waals surface area contributed by atoms with Crippen LogP contribution >= 0.6 is 11.6 Å². The predicted molar refractivity (Wildman–Crippen MR) is 128 cm³/mol. The molecule has 8 heteroatoms. The molecule has 162 valence electrons. The van der Waals surface area contributed by atoms with Gasteiger partial charge in [-0.05, 0) is 54.8 Å². The van der Waals surface area contributed by atoms with Crippen LogP contribution in [0.15, 0.2) is 48.7 Å². The average molecular weight is 447 g/mol. The van der Waals surface area contributed by atoms with Crippen molar-refractivity contribution in [2.75, 3.05) is 30.9 Å². The van der Waals surface area contributed by atoms with Crippen LogP contribution in [0.25, 0.3) is 22.4 Å². The smallest absolute Gasteiger partial charge is 0.165 e. The number of pyridine rings is 2. The Morgan fingerprint density at radius 2 is 2.03 bits per heavy atom. The second-order valence-corrected chi connectivity index (χ2v) is 8.22. The summed E-state index contributed by atoms with van der Waals surface area (Å²) in [4.78, 5) is 20.7. The lowest BCUT2D eigenvalue weighted by molar-refractivity contribution is 0.178. The quantitative estimate of drug-likeness (QED) is 0.461. The van der Waals surface area contributed by atoms with Crippen LogP contribution < -0.4 is 10.2 Å². The molecule has 0 saturated carbocycles. The Labute approximate surface area is 191 Å². The lowest BCUT2D eigenvalue weighted by Crippen LogP contribution is -2.24. The first kappa shape index (κ1) is 20.6. The number of fused-ring (bicyclic) bond motifs is 2. The second-order valence-electron chi connectivity index (χ2n) is 7.82. The number of aryl methyl sites for hydroxylation is 1. The molecule has 1 aliphatic rings. The summed E-state index contributed by atoms with van der Waals surface area (Å²) in [6.45, 7) is 1.35. The highest BCUT2D eigenvalue weighted by atomic mass is 35.5. The highest BCUT2D eigenvalue weighted by molar-refractivity contribution is 6.32. The van der Waals surface area contributed by atoms with Gasteiger partial charge in [-0.1, -0.05) is 17.7 Å². The predicted octanol–water partition coefficient (Wildman–Crippen LogP) is 5.01. The number of anilines is 3. The largest absolute Gasteiger partial charge is 0.377 e. The summed E-state index contributed by atoms with van der Waals surface area (Å²) in [6.07, 6.45) is 3.99. The van der Waals surface area contributed by atoms with Crippen molar-refractivity contribution in [2.45, 2.75) is 19.4 Å². The fourth-order valence-electron chi connectivity index (χ4n) is 4.02. The Hall–Kier alpha value is -3.29. The summed E-state index contributed by atoms with van der Waals surface area (Å²) < 4.78 is 5.28. The molecule has 7 nitrogen and oxygen atoms in total. The maximum absolute atomic E-state index is 6.33. The number of ether oxygens (including phenoxy) is 1. The van der Waals surface area contributed by atoms with Gasteiger partial charge in [-0.2, -0.15) is 0 Å². The monoisotopic (exact) mass is 446 g/mol. The first-order chi connectivity index (χ1) is 15.6. The molecule has 4 aromatic rings. The molecular formula is C24H23ClN6O. The summed E-state index contributed by atoms with van der Waals surface area (Å²) in [5, 5.41) is 4.83. The van der Waals surface area contributed by atoms with Gasteiger partial charge in [-0.25, -0.2) is 15.0 Å². The van der Waals surface area contributed by atoms with Gasteiger partial charge < -0.3 is 15.0 Å². The third-order valence-electron chi connectivity index (χ3n) is 5.58. The van der Waals surface area contributed by atoms with Crippen molar-refractivity contribution in [1.29, 1.82) is 0 Å². The van der Waals surface area contributed by atoms with Gasteiger partial charge in [-0.15, -0.1) is 0 Å². The summed E-state index contributed by atoms with van der Waals surface area (Å²) in [5.74, 6) is 1.24. The number of benzene rings is 1.